The van der Waals surface area contributed by atoms with E-state index in [1.807, 2.05) is 0 Å². The molecule has 0 aliphatic carbocycles. The average Bonchev–Trinajstić information content (AvgIpc) is 2.92. The van der Waals surface area contributed by atoms with Crippen LogP contribution in [0, 0.1) is 5.92 Å². The standard InChI is InChI=1S/C11H12Br2N2O3S/c1-2-18-10(17)8-9(13)19-11(14-8)15-5-6(4-12)3-7(15)16/h6H,2-5H2,1H3. The van der Waals surface area contributed by atoms with Crippen LogP contribution >= 0.6 is 43.2 Å². The molecule has 2 heterocycles. The van der Waals surface area contributed by atoms with Crippen molar-refractivity contribution in [3.8, 4) is 0 Å². The van der Waals surface area contributed by atoms with Crippen LogP contribution in [0.1, 0.15) is 23.8 Å². The molecule has 1 atom stereocenters. The summed E-state index contributed by atoms with van der Waals surface area (Å²) in [4.78, 5) is 29.4. The van der Waals surface area contributed by atoms with E-state index < -0.39 is 5.97 Å². The smallest absolute Gasteiger partial charge is 0.359 e. The molecule has 5 nitrogen and oxygen atoms in total. The van der Waals surface area contributed by atoms with Gasteiger partial charge in [-0.05, 0) is 28.8 Å². The predicted molar refractivity (Wildman–Crippen MR) is 80.0 cm³/mol. The molecule has 19 heavy (non-hydrogen) atoms. The van der Waals surface area contributed by atoms with Gasteiger partial charge in [0.25, 0.3) is 0 Å². The first kappa shape index (κ1) is 14.9. The molecule has 1 aromatic heterocycles. The highest BCUT2D eigenvalue weighted by Gasteiger charge is 2.33. The van der Waals surface area contributed by atoms with Crippen LogP contribution in [0.3, 0.4) is 0 Å². The second-order valence-corrected chi connectivity index (χ2v) is 7.01. The summed E-state index contributed by atoms with van der Waals surface area (Å²) in [5.41, 5.74) is 0.233. The molecule has 1 aliphatic rings. The van der Waals surface area contributed by atoms with E-state index in [4.69, 9.17) is 4.74 Å². The molecule has 1 saturated heterocycles. The Bertz CT molecular complexity index is 506. The van der Waals surface area contributed by atoms with Crippen LogP contribution in [0.4, 0.5) is 5.13 Å². The number of hydrogen-bond donors (Lipinski definition) is 0. The molecule has 0 saturated carbocycles. The van der Waals surface area contributed by atoms with E-state index in [0.717, 1.165) is 5.33 Å². The van der Waals surface area contributed by atoms with E-state index in [0.29, 0.717) is 34.4 Å². The number of thiazole rings is 1. The summed E-state index contributed by atoms with van der Waals surface area (Å²) < 4.78 is 5.51. The van der Waals surface area contributed by atoms with Crippen LogP contribution in [0.5, 0.6) is 0 Å². The van der Waals surface area contributed by atoms with Crippen molar-refractivity contribution < 1.29 is 14.3 Å². The van der Waals surface area contributed by atoms with Gasteiger partial charge in [-0.1, -0.05) is 27.3 Å². The average molecular weight is 412 g/mol. The van der Waals surface area contributed by atoms with Crippen LogP contribution in [0.2, 0.25) is 0 Å². The van der Waals surface area contributed by atoms with Crippen molar-refractivity contribution in [3.05, 3.63) is 9.48 Å². The van der Waals surface area contributed by atoms with Gasteiger partial charge in [0.15, 0.2) is 10.8 Å². The van der Waals surface area contributed by atoms with E-state index in [1.54, 1.807) is 11.8 Å². The van der Waals surface area contributed by atoms with Gasteiger partial charge in [0.1, 0.15) is 3.79 Å². The lowest BCUT2D eigenvalue weighted by Crippen LogP contribution is -2.24. The number of aromatic nitrogens is 1. The number of alkyl halides is 1. The predicted octanol–water partition coefficient (Wildman–Crippen LogP) is 2.83. The number of hydrogen-bond acceptors (Lipinski definition) is 5. The van der Waals surface area contributed by atoms with Crippen molar-refractivity contribution in [1.82, 2.24) is 4.98 Å². The molecule has 8 heteroatoms. The summed E-state index contributed by atoms with van der Waals surface area (Å²) in [6, 6.07) is 0. The first-order chi connectivity index (χ1) is 9.06. The highest BCUT2D eigenvalue weighted by Crippen LogP contribution is 2.34. The van der Waals surface area contributed by atoms with E-state index in [9.17, 15) is 9.59 Å². The lowest BCUT2D eigenvalue weighted by Gasteiger charge is -2.11. The summed E-state index contributed by atoms with van der Waals surface area (Å²) in [5, 5.41) is 1.33. The van der Waals surface area contributed by atoms with Crippen LogP contribution in [0.15, 0.2) is 3.79 Å². The Hall–Kier alpha value is -0.470. The number of carbonyl (C=O) groups is 2. The maximum Gasteiger partial charge on any atom is 0.359 e. The Morgan fingerprint density at radius 1 is 1.63 bits per heavy atom. The third-order valence-corrected chi connectivity index (χ3v) is 5.34. The molecule has 0 radical (unpaired) electrons. The van der Waals surface area contributed by atoms with Gasteiger partial charge in [0, 0.05) is 18.3 Å². The molecule has 0 N–H and O–H groups in total. The SMILES string of the molecule is CCOC(=O)c1nc(N2CC(CBr)CC2=O)sc1Br. The van der Waals surface area contributed by atoms with Crippen LogP contribution in [-0.2, 0) is 9.53 Å². The quantitative estimate of drug-likeness (QED) is 0.564. The lowest BCUT2D eigenvalue weighted by atomic mass is 10.2. The van der Waals surface area contributed by atoms with E-state index in [-0.39, 0.29) is 11.6 Å². The zero-order valence-electron chi connectivity index (χ0n) is 10.2. The Balaban J connectivity index is 2.20. The minimum atomic E-state index is -0.472. The third kappa shape index (κ3) is 3.17. The zero-order valence-corrected chi connectivity index (χ0v) is 14.2. The van der Waals surface area contributed by atoms with Crippen molar-refractivity contribution in [2.75, 3.05) is 23.4 Å². The van der Waals surface area contributed by atoms with Crippen LogP contribution in [0.25, 0.3) is 0 Å². The minimum absolute atomic E-state index is 0.0427. The van der Waals surface area contributed by atoms with Crippen molar-refractivity contribution in [1.29, 1.82) is 0 Å². The summed E-state index contributed by atoms with van der Waals surface area (Å²) in [6.07, 6.45) is 0.511. The fraction of sp³-hybridized carbons (Fsp3) is 0.545. The van der Waals surface area contributed by atoms with Gasteiger partial charge < -0.3 is 4.74 Å². The number of amides is 1. The van der Waals surface area contributed by atoms with E-state index in [1.165, 1.54) is 11.3 Å². The molecule has 1 unspecified atom stereocenters. The van der Waals surface area contributed by atoms with Gasteiger partial charge in [-0.3, -0.25) is 9.69 Å². The number of halogens is 2. The second-order valence-electron chi connectivity index (χ2n) is 4.07. The normalized spacial score (nSPS) is 19.0. The van der Waals surface area contributed by atoms with Crippen molar-refractivity contribution in [2.45, 2.75) is 13.3 Å². The lowest BCUT2D eigenvalue weighted by molar-refractivity contribution is -0.117. The second kappa shape index (κ2) is 6.32. The van der Waals surface area contributed by atoms with E-state index in [2.05, 4.69) is 36.8 Å². The van der Waals surface area contributed by atoms with Gasteiger partial charge in [-0.15, -0.1) is 0 Å². The molecule has 0 spiro atoms. The molecule has 104 valence electrons. The maximum atomic E-state index is 11.9. The molecule has 1 fully saturated rings. The summed E-state index contributed by atoms with van der Waals surface area (Å²) in [5.74, 6) is -0.136. The first-order valence-electron chi connectivity index (χ1n) is 5.76. The Kier molecular flexibility index (Phi) is 4.97. The topological polar surface area (TPSA) is 59.5 Å². The molecular formula is C11H12Br2N2O3S. The van der Waals surface area contributed by atoms with Gasteiger partial charge in [-0.25, -0.2) is 9.78 Å². The molecule has 0 bridgehead atoms. The fourth-order valence-corrected chi connectivity index (χ4v) is 3.73. The van der Waals surface area contributed by atoms with Gasteiger partial charge >= 0.3 is 5.97 Å². The van der Waals surface area contributed by atoms with Gasteiger partial charge in [0.05, 0.1) is 6.61 Å². The largest absolute Gasteiger partial charge is 0.461 e. The van der Waals surface area contributed by atoms with Crippen molar-refractivity contribution in [2.24, 2.45) is 5.92 Å². The molecule has 2 rings (SSSR count). The Morgan fingerprint density at radius 2 is 2.37 bits per heavy atom. The van der Waals surface area contributed by atoms with Gasteiger partial charge in [0.2, 0.25) is 5.91 Å². The van der Waals surface area contributed by atoms with Crippen LogP contribution < -0.4 is 4.90 Å². The zero-order chi connectivity index (χ0) is 14.0. The summed E-state index contributed by atoms with van der Waals surface area (Å²) in [6.45, 7) is 2.67. The molecule has 0 aromatic carbocycles. The van der Waals surface area contributed by atoms with Gasteiger partial charge in [-0.2, -0.15) is 0 Å². The summed E-state index contributed by atoms with van der Waals surface area (Å²) in [7, 11) is 0. The highest BCUT2D eigenvalue weighted by atomic mass is 79.9. The molecule has 1 amide bonds. The third-order valence-electron chi connectivity index (χ3n) is 2.70. The number of rotatable bonds is 4. The van der Waals surface area contributed by atoms with Crippen LogP contribution in [-0.4, -0.2) is 35.3 Å². The van der Waals surface area contributed by atoms with Crippen molar-refractivity contribution >= 4 is 60.2 Å². The number of ether oxygens (including phenoxy) is 1. The fourth-order valence-electron chi connectivity index (χ4n) is 1.80. The molecule has 1 aromatic rings. The number of nitrogens with zero attached hydrogens (tertiary/aromatic N) is 2. The minimum Gasteiger partial charge on any atom is -0.461 e. The maximum absolute atomic E-state index is 11.9. The summed E-state index contributed by atoms with van der Waals surface area (Å²) >= 11 is 7.96. The Morgan fingerprint density at radius 3 is 2.95 bits per heavy atom. The highest BCUT2D eigenvalue weighted by molar-refractivity contribution is 9.11. The van der Waals surface area contributed by atoms with E-state index >= 15 is 0 Å². The molecular weight excluding hydrogens is 400 g/mol. The first-order valence-corrected chi connectivity index (χ1v) is 8.49. The number of carbonyl (C=O) groups excluding carboxylic acids is 2. The molecule has 1 aliphatic heterocycles. The van der Waals surface area contributed by atoms with Crippen molar-refractivity contribution in [3.63, 3.8) is 0 Å². The Labute approximate surface area is 131 Å². The number of esters is 1. The monoisotopic (exact) mass is 410 g/mol. The number of anilines is 1.